The summed E-state index contributed by atoms with van der Waals surface area (Å²) in [5.74, 6) is 0.826. The fourth-order valence-corrected chi connectivity index (χ4v) is 4.88. The molecule has 27 heavy (non-hydrogen) atoms. The van der Waals surface area contributed by atoms with Gasteiger partial charge in [-0.25, -0.2) is 0 Å². The van der Waals surface area contributed by atoms with E-state index in [0.29, 0.717) is 23.2 Å². The standard InChI is InChI=1S/C20H21Cl2N3OS/c21-16-6-3-14(9-17(16)22)19-20(18-11-24-7-8-26-18)27-12-25(19)15-4-1-13(10-23)2-5-15/h1-6,9,18,24H,7-8,10-12,23H2. The predicted octanol–water partition coefficient (Wildman–Crippen LogP) is 4.32. The van der Waals surface area contributed by atoms with Crippen molar-refractivity contribution >= 4 is 46.3 Å². The molecule has 142 valence electrons. The minimum atomic E-state index is 0.0431. The molecule has 4 rings (SSSR count). The number of nitrogens with one attached hydrogen (secondary N) is 1. The van der Waals surface area contributed by atoms with Crippen LogP contribution in [0.4, 0.5) is 5.69 Å². The minimum absolute atomic E-state index is 0.0431. The van der Waals surface area contributed by atoms with Crippen molar-refractivity contribution in [3.63, 3.8) is 0 Å². The Hall–Kier alpha value is -1.21. The Morgan fingerprint density at radius 1 is 1.15 bits per heavy atom. The second kappa shape index (κ2) is 8.43. The van der Waals surface area contributed by atoms with Gasteiger partial charge in [-0.2, -0.15) is 0 Å². The summed E-state index contributed by atoms with van der Waals surface area (Å²) in [6, 6.07) is 14.2. The number of anilines is 1. The number of nitrogens with zero attached hydrogens (tertiary/aromatic N) is 1. The van der Waals surface area contributed by atoms with Gasteiger partial charge in [-0.1, -0.05) is 41.4 Å². The first kappa shape index (κ1) is 19.1. The molecule has 2 aromatic rings. The summed E-state index contributed by atoms with van der Waals surface area (Å²) in [7, 11) is 0. The molecule has 0 amide bonds. The zero-order chi connectivity index (χ0) is 18.8. The van der Waals surface area contributed by atoms with Crippen LogP contribution in [0.5, 0.6) is 0 Å². The van der Waals surface area contributed by atoms with Crippen molar-refractivity contribution in [3.8, 4) is 0 Å². The van der Waals surface area contributed by atoms with Gasteiger partial charge in [-0.15, -0.1) is 11.8 Å². The maximum absolute atomic E-state index is 6.32. The summed E-state index contributed by atoms with van der Waals surface area (Å²) < 4.78 is 6.04. The van der Waals surface area contributed by atoms with Gasteiger partial charge in [0.05, 0.1) is 28.2 Å². The second-order valence-corrected chi connectivity index (χ2v) is 8.28. The molecule has 2 heterocycles. The summed E-state index contributed by atoms with van der Waals surface area (Å²) >= 11 is 14.3. The summed E-state index contributed by atoms with van der Waals surface area (Å²) in [5.41, 5.74) is 10.2. The number of rotatable bonds is 4. The highest BCUT2D eigenvalue weighted by molar-refractivity contribution is 8.03. The van der Waals surface area contributed by atoms with E-state index in [4.69, 9.17) is 33.7 Å². The Kier molecular flexibility index (Phi) is 5.97. The molecule has 3 N–H and O–H groups in total. The SMILES string of the molecule is NCc1ccc(N2CSC(C3CNCCO3)=C2c2ccc(Cl)c(Cl)c2)cc1. The van der Waals surface area contributed by atoms with Crippen molar-refractivity contribution in [2.45, 2.75) is 12.6 Å². The average molecular weight is 422 g/mol. The number of hydrogen-bond acceptors (Lipinski definition) is 5. The van der Waals surface area contributed by atoms with Crippen LogP contribution in [-0.2, 0) is 11.3 Å². The number of benzene rings is 2. The molecular weight excluding hydrogens is 401 g/mol. The molecule has 0 bridgehead atoms. The molecule has 2 aliphatic rings. The van der Waals surface area contributed by atoms with Gasteiger partial charge >= 0.3 is 0 Å². The summed E-state index contributed by atoms with van der Waals surface area (Å²) in [6.45, 7) is 2.96. The van der Waals surface area contributed by atoms with E-state index in [2.05, 4.69) is 34.5 Å². The molecule has 0 aromatic heterocycles. The molecule has 1 atom stereocenters. The van der Waals surface area contributed by atoms with Crippen LogP contribution in [-0.4, -0.2) is 31.7 Å². The number of ether oxygens (including phenoxy) is 1. The van der Waals surface area contributed by atoms with Crippen LogP contribution < -0.4 is 16.0 Å². The summed E-state index contributed by atoms with van der Waals surface area (Å²) in [4.78, 5) is 3.53. The van der Waals surface area contributed by atoms with E-state index >= 15 is 0 Å². The first-order valence-electron chi connectivity index (χ1n) is 8.88. The van der Waals surface area contributed by atoms with Gasteiger partial charge in [0, 0.05) is 35.8 Å². The van der Waals surface area contributed by atoms with E-state index in [1.807, 2.05) is 30.0 Å². The molecule has 1 unspecified atom stereocenters. The van der Waals surface area contributed by atoms with Crippen LogP contribution in [0.25, 0.3) is 5.70 Å². The van der Waals surface area contributed by atoms with E-state index in [1.165, 1.54) is 4.91 Å². The number of hydrogen-bond donors (Lipinski definition) is 2. The van der Waals surface area contributed by atoms with Crippen LogP contribution in [0.15, 0.2) is 47.4 Å². The Balaban J connectivity index is 1.77. The van der Waals surface area contributed by atoms with Gasteiger partial charge < -0.3 is 20.7 Å². The van der Waals surface area contributed by atoms with E-state index in [0.717, 1.165) is 41.5 Å². The van der Waals surface area contributed by atoms with Gasteiger partial charge in [0.2, 0.25) is 0 Å². The van der Waals surface area contributed by atoms with Crippen molar-refractivity contribution < 1.29 is 4.74 Å². The van der Waals surface area contributed by atoms with Crippen molar-refractivity contribution in [2.75, 3.05) is 30.5 Å². The first-order chi connectivity index (χ1) is 13.2. The van der Waals surface area contributed by atoms with Gasteiger partial charge in [-0.3, -0.25) is 0 Å². The predicted molar refractivity (Wildman–Crippen MR) is 115 cm³/mol. The molecule has 0 spiro atoms. The number of thioether (sulfide) groups is 1. The lowest BCUT2D eigenvalue weighted by Crippen LogP contribution is -2.39. The number of nitrogens with two attached hydrogens (primary N) is 1. The molecule has 0 radical (unpaired) electrons. The largest absolute Gasteiger partial charge is 0.370 e. The Morgan fingerprint density at radius 3 is 2.63 bits per heavy atom. The lowest BCUT2D eigenvalue weighted by molar-refractivity contribution is 0.0573. The second-order valence-electron chi connectivity index (χ2n) is 6.48. The molecule has 1 saturated heterocycles. The minimum Gasteiger partial charge on any atom is -0.370 e. The third-order valence-corrected chi connectivity index (χ3v) is 6.64. The highest BCUT2D eigenvalue weighted by atomic mass is 35.5. The molecule has 7 heteroatoms. The van der Waals surface area contributed by atoms with Gasteiger partial charge in [0.1, 0.15) is 6.10 Å². The lowest BCUT2D eigenvalue weighted by atomic mass is 10.1. The molecule has 0 saturated carbocycles. The van der Waals surface area contributed by atoms with E-state index in [9.17, 15) is 0 Å². The van der Waals surface area contributed by atoms with Crippen molar-refractivity contribution in [3.05, 3.63) is 68.5 Å². The highest BCUT2D eigenvalue weighted by Crippen LogP contribution is 2.44. The van der Waals surface area contributed by atoms with Crippen LogP contribution in [0.3, 0.4) is 0 Å². The fourth-order valence-electron chi connectivity index (χ4n) is 3.34. The third kappa shape index (κ3) is 3.99. The molecule has 2 aliphatic heterocycles. The first-order valence-corrected chi connectivity index (χ1v) is 10.6. The monoisotopic (exact) mass is 421 g/mol. The Labute approximate surface area is 173 Å². The van der Waals surface area contributed by atoms with Gasteiger partial charge in [-0.05, 0) is 29.8 Å². The van der Waals surface area contributed by atoms with Crippen LogP contribution in [0.2, 0.25) is 10.0 Å². The van der Waals surface area contributed by atoms with Crippen LogP contribution in [0.1, 0.15) is 11.1 Å². The average Bonchev–Trinajstić information content (AvgIpc) is 3.16. The van der Waals surface area contributed by atoms with Gasteiger partial charge in [0.25, 0.3) is 0 Å². The maximum Gasteiger partial charge on any atom is 0.103 e. The maximum atomic E-state index is 6.32. The zero-order valence-corrected chi connectivity index (χ0v) is 17.1. The smallest absolute Gasteiger partial charge is 0.103 e. The van der Waals surface area contributed by atoms with Crippen molar-refractivity contribution in [1.29, 1.82) is 0 Å². The molecule has 1 fully saturated rings. The molecular formula is C20H21Cl2N3OS. The van der Waals surface area contributed by atoms with Gasteiger partial charge in [0.15, 0.2) is 0 Å². The number of halogens is 2. The third-order valence-electron chi connectivity index (χ3n) is 4.75. The van der Waals surface area contributed by atoms with E-state index in [-0.39, 0.29) is 6.10 Å². The molecule has 0 aliphatic carbocycles. The Morgan fingerprint density at radius 2 is 1.96 bits per heavy atom. The quantitative estimate of drug-likeness (QED) is 0.769. The van der Waals surface area contributed by atoms with Crippen LogP contribution >= 0.6 is 35.0 Å². The normalized spacial score (nSPS) is 20.4. The summed E-state index contributed by atoms with van der Waals surface area (Å²) in [6.07, 6.45) is 0.0431. The lowest BCUT2D eigenvalue weighted by Gasteiger charge is -2.27. The number of morpholine rings is 1. The van der Waals surface area contributed by atoms with Crippen molar-refractivity contribution in [1.82, 2.24) is 5.32 Å². The zero-order valence-electron chi connectivity index (χ0n) is 14.8. The molecule has 4 nitrogen and oxygen atoms in total. The Bertz CT molecular complexity index is 851. The highest BCUT2D eigenvalue weighted by Gasteiger charge is 2.32. The van der Waals surface area contributed by atoms with E-state index < -0.39 is 0 Å². The summed E-state index contributed by atoms with van der Waals surface area (Å²) in [5, 5.41) is 4.53. The topological polar surface area (TPSA) is 50.5 Å². The molecule has 2 aromatic carbocycles. The fraction of sp³-hybridized carbons (Fsp3) is 0.300. The van der Waals surface area contributed by atoms with Crippen molar-refractivity contribution in [2.24, 2.45) is 5.73 Å². The van der Waals surface area contributed by atoms with Crippen LogP contribution in [0, 0.1) is 0 Å². The van der Waals surface area contributed by atoms with E-state index in [1.54, 1.807) is 0 Å².